The van der Waals surface area contributed by atoms with Crippen molar-refractivity contribution >= 4 is 23.9 Å². The third-order valence-corrected chi connectivity index (χ3v) is 3.77. The lowest BCUT2D eigenvalue weighted by Gasteiger charge is -2.33. The number of amides is 1. The highest BCUT2D eigenvalue weighted by Gasteiger charge is 2.17. The van der Waals surface area contributed by atoms with Gasteiger partial charge in [-0.25, -0.2) is 0 Å². The largest absolute Gasteiger partial charge is 0.492 e. The Balaban J connectivity index is 1.73. The van der Waals surface area contributed by atoms with Crippen LogP contribution in [0.4, 0.5) is 17.5 Å². The minimum absolute atomic E-state index is 0.414. The van der Waals surface area contributed by atoms with Crippen LogP contribution in [-0.2, 0) is 4.79 Å². The Bertz CT molecular complexity index is 688. The molecule has 1 aliphatic rings. The maximum atomic E-state index is 10.8. The molecule has 126 valence electrons. The van der Waals surface area contributed by atoms with E-state index in [1.165, 1.54) is 0 Å². The van der Waals surface area contributed by atoms with Crippen molar-refractivity contribution in [2.75, 3.05) is 43.0 Å². The van der Waals surface area contributed by atoms with Gasteiger partial charge in [-0.05, 0) is 19.1 Å². The van der Waals surface area contributed by atoms with E-state index in [9.17, 15) is 4.79 Å². The average molecular weight is 328 g/mol. The predicted octanol–water partition coefficient (Wildman–Crippen LogP) is 1.29. The lowest BCUT2D eigenvalue weighted by molar-refractivity contribution is -0.118. The van der Waals surface area contributed by atoms with Gasteiger partial charge in [0.25, 0.3) is 0 Å². The van der Waals surface area contributed by atoms with E-state index in [1.807, 2.05) is 31.2 Å². The van der Waals surface area contributed by atoms with Crippen LogP contribution in [0.1, 0.15) is 6.92 Å². The summed E-state index contributed by atoms with van der Waals surface area (Å²) in [5.74, 6) is 1.90. The standard InChI is InChI=1S/C16H20N6O2/c1-2-24-14-6-4-3-5-13(14)18-16-19-15(11-17-20-16)22-9-7-21(12-23)8-10-22/h3-6,11-12H,2,7-10H2,1H3,(H,18,19,20). The van der Waals surface area contributed by atoms with Crippen molar-refractivity contribution in [3.8, 4) is 5.75 Å². The first-order valence-corrected chi connectivity index (χ1v) is 7.93. The minimum atomic E-state index is 0.414. The number of para-hydroxylation sites is 2. The monoisotopic (exact) mass is 328 g/mol. The summed E-state index contributed by atoms with van der Waals surface area (Å²) >= 11 is 0. The summed E-state index contributed by atoms with van der Waals surface area (Å²) in [6.07, 6.45) is 2.52. The highest BCUT2D eigenvalue weighted by molar-refractivity contribution is 5.62. The molecular formula is C16H20N6O2. The zero-order valence-corrected chi connectivity index (χ0v) is 13.6. The maximum Gasteiger partial charge on any atom is 0.249 e. The van der Waals surface area contributed by atoms with Crippen molar-refractivity contribution in [3.05, 3.63) is 30.5 Å². The van der Waals surface area contributed by atoms with Crippen LogP contribution < -0.4 is 15.0 Å². The summed E-state index contributed by atoms with van der Waals surface area (Å²) in [4.78, 5) is 19.2. The number of benzene rings is 1. The molecule has 0 atom stereocenters. The molecule has 8 heteroatoms. The topological polar surface area (TPSA) is 83.5 Å². The molecule has 1 aromatic heterocycles. The highest BCUT2D eigenvalue weighted by Crippen LogP contribution is 2.26. The maximum absolute atomic E-state index is 10.8. The molecule has 0 saturated carbocycles. The molecular weight excluding hydrogens is 308 g/mol. The third-order valence-electron chi connectivity index (χ3n) is 3.77. The van der Waals surface area contributed by atoms with Crippen LogP contribution in [0.15, 0.2) is 30.5 Å². The Labute approximate surface area is 140 Å². The van der Waals surface area contributed by atoms with Crippen LogP contribution in [-0.4, -0.2) is 59.3 Å². The molecule has 0 bridgehead atoms. The van der Waals surface area contributed by atoms with Crippen LogP contribution in [0.5, 0.6) is 5.75 Å². The van der Waals surface area contributed by atoms with E-state index in [0.29, 0.717) is 25.6 Å². The number of piperazine rings is 1. The average Bonchev–Trinajstić information content (AvgIpc) is 2.64. The van der Waals surface area contributed by atoms with Crippen LogP contribution in [0.25, 0.3) is 0 Å². The van der Waals surface area contributed by atoms with Gasteiger partial charge in [-0.2, -0.15) is 10.1 Å². The van der Waals surface area contributed by atoms with Gasteiger partial charge in [0.05, 0.1) is 18.5 Å². The van der Waals surface area contributed by atoms with E-state index in [4.69, 9.17) is 4.74 Å². The van der Waals surface area contributed by atoms with Gasteiger partial charge in [0, 0.05) is 26.2 Å². The summed E-state index contributed by atoms with van der Waals surface area (Å²) in [6.45, 7) is 5.35. The number of ether oxygens (including phenoxy) is 1. The second-order valence-corrected chi connectivity index (χ2v) is 5.32. The summed E-state index contributed by atoms with van der Waals surface area (Å²) in [5.41, 5.74) is 0.795. The molecule has 0 aliphatic carbocycles. The van der Waals surface area contributed by atoms with Crippen LogP contribution in [0.2, 0.25) is 0 Å². The van der Waals surface area contributed by atoms with E-state index in [1.54, 1.807) is 11.1 Å². The van der Waals surface area contributed by atoms with Crippen LogP contribution in [0.3, 0.4) is 0 Å². The van der Waals surface area contributed by atoms with Crippen LogP contribution >= 0.6 is 0 Å². The molecule has 24 heavy (non-hydrogen) atoms. The molecule has 0 spiro atoms. The number of rotatable bonds is 6. The molecule has 1 fully saturated rings. The fourth-order valence-electron chi connectivity index (χ4n) is 2.53. The fraction of sp³-hybridized carbons (Fsp3) is 0.375. The SMILES string of the molecule is CCOc1ccccc1Nc1nncc(N2CCN(C=O)CC2)n1. The summed E-state index contributed by atoms with van der Waals surface area (Å²) in [7, 11) is 0. The van der Waals surface area contributed by atoms with Gasteiger partial charge in [-0.3, -0.25) is 4.79 Å². The lowest BCUT2D eigenvalue weighted by atomic mass is 10.3. The molecule has 1 aliphatic heterocycles. The summed E-state index contributed by atoms with van der Waals surface area (Å²) in [5, 5.41) is 11.2. The number of carbonyl (C=O) groups is 1. The molecule has 1 amide bonds. The van der Waals surface area contributed by atoms with E-state index in [-0.39, 0.29) is 0 Å². The Hall–Kier alpha value is -2.90. The van der Waals surface area contributed by atoms with Gasteiger partial charge in [0.15, 0.2) is 5.82 Å². The Morgan fingerprint density at radius 3 is 2.79 bits per heavy atom. The molecule has 1 aromatic carbocycles. The third kappa shape index (κ3) is 3.70. The smallest absolute Gasteiger partial charge is 0.249 e. The van der Waals surface area contributed by atoms with Gasteiger partial charge < -0.3 is 19.9 Å². The predicted molar refractivity (Wildman–Crippen MR) is 90.6 cm³/mol. The van der Waals surface area contributed by atoms with Crippen molar-refractivity contribution in [1.82, 2.24) is 20.1 Å². The van der Waals surface area contributed by atoms with Crippen molar-refractivity contribution in [2.45, 2.75) is 6.92 Å². The molecule has 1 N–H and O–H groups in total. The molecule has 0 unspecified atom stereocenters. The van der Waals surface area contributed by atoms with Gasteiger partial charge in [0.1, 0.15) is 5.75 Å². The molecule has 2 heterocycles. The Kier molecular flexibility index (Phi) is 5.05. The summed E-state index contributed by atoms with van der Waals surface area (Å²) in [6, 6.07) is 7.63. The van der Waals surface area contributed by atoms with Gasteiger partial charge in [0.2, 0.25) is 12.4 Å². The van der Waals surface area contributed by atoms with E-state index < -0.39 is 0 Å². The minimum Gasteiger partial charge on any atom is -0.492 e. The van der Waals surface area contributed by atoms with Gasteiger partial charge in [-0.15, -0.1) is 5.10 Å². The number of anilines is 3. The van der Waals surface area contributed by atoms with Crippen molar-refractivity contribution in [3.63, 3.8) is 0 Å². The molecule has 1 saturated heterocycles. The Morgan fingerprint density at radius 1 is 1.25 bits per heavy atom. The number of carbonyl (C=O) groups excluding carboxylic acids is 1. The van der Waals surface area contributed by atoms with E-state index in [0.717, 1.165) is 36.8 Å². The van der Waals surface area contributed by atoms with Gasteiger partial charge >= 0.3 is 0 Å². The number of nitrogens with one attached hydrogen (secondary N) is 1. The highest BCUT2D eigenvalue weighted by atomic mass is 16.5. The molecule has 3 rings (SSSR count). The van der Waals surface area contributed by atoms with E-state index >= 15 is 0 Å². The second kappa shape index (κ2) is 7.58. The first kappa shape index (κ1) is 16.0. The first-order chi connectivity index (χ1) is 11.8. The van der Waals surface area contributed by atoms with Crippen molar-refractivity contribution < 1.29 is 9.53 Å². The van der Waals surface area contributed by atoms with Crippen molar-refractivity contribution in [2.24, 2.45) is 0 Å². The molecule has 2 aromatic rings. The van der Waals surface area contributed by atoms with Gasteiger partial charge in [-0.1, -0.05) is 12.1 Å². The summed E-state index contributed by atoms with van der Waals surface area (Å²) < 4.78 is 5.59. The molecule has 0 radical (unpaired) electrons. The zero-order chi connectivity index (χ0) is 16.8. The lowest BCUT2D eigenvalue weighted by Crippen LogP contribution is -2.46. The zero-order valence-electron chi connectivity index (χ0n) is 13.6. The number of aromatic nitrogens is 3. The quantitative estimate of drug-likeness (QED) is 0.800. The second-order valence-electron chi connectivity index (χ2n) is 5.32. The van der Waals surface area contributed by atoms with Crippen LogP contribution in [0, 0.1) is 0 Å². The number of hydrogen-bond acceptors (Lipinski definition) is 7. The number of hydrogen-bond donors (Lipinski definition) is 1. The first-order valence-electron chi connectivity index (χ1n) is 7.93. The molecule has 8 nitrogen and oxygen atoms in total. The Morgan fingerprint density at radius 2 is 2.04 bits per heavy atom. The normalized spacial score (nSPS) is 14.4. The van der Waals surface area contributed by atoms with Crippen molar-refractivity contribution in [1.29, 1.82) is 0 Å². The fourth-order valence-corrected chi connectivity index (χ4v) is 2.53. The van der Waals surface area contributed by atoms with E-state index in [2.05, 4.69) is 25.4 Å². The number of nitrogens with zero attached hydrogens (tertiary/aromatic N) is 5.